The number of aromatic nitrogens is 3. The van der Waals surface area contributed by atoms with E-state index >= 15 is 0 Å². The van der Waals surface area contributed by atoms with Gasteiger partial charge in [-0.1, -0.05) is 24.3 Å². The first-order valence-electron chi connectivity index (χ1n) is 5.36. The lowest BCUT2D eigenvalue weighted by Gasteiger charge is -2.07. The van der Waals surface area contributed by atoms with E-state index in [4.69, 9.17) is 0 Å². The summed E-state index contributed by atoms with van der Waals surface area (Å²) in [5.41, 5.74) is 4.25. The molecule has 4 nitrogen and oxygen atoms in total. The number of H-pyrrole nitrogens is 1. The third kappa shape index (κ3) is 1.45. The second-order valence-electron chi connectivity index (χ2n) is 3.97. The number of aromatic amines is 1. The number of phenolic OH excluding ortho intramolecular Hbond substituents is 1. The van der Waals surface area contributed by atoms with Crippen molar-refractivity contribution in [3.05, 3.63) is 42.0 Å². The van der Waals surface area contributed by atoms with E-state index in [1.807, 2.05) is 31.2 Å². The maximum absolute atomic E-state index is 10.0. The summed E-state index contributed by atoms with van der Waals surface area (Å²) in [6, 6.07) is 11.3. The van der Waals surface area contributed by atoms with E-state index in [-0.39, 0.29) is 5.75 Å². The molecule has 84 valence electrons. The van der Waals surface area contributed by atoms with Crippen LogP contribution in [0.25, 0.3) is 22.2 Å². The molecule has 3 rings (SSSR count). The maximum Gasteiger partial charge on any atom is 0.125 e. The fourth-order valence-electron chi connectivity index (χ4n) is 2.02. The summed E-state index contributed by atoms with van der Waals surface area (Å²) >= 11 is 0. The molecule has 0 unspecified atom stereocenters. The summed E-state index contributed by atoms with van der Waals surface area (Å²) in [4.78, 5) is 0. The number of hydrogen-bond acceptors (Lipinski definition) is 3. The molecule has 2 aromatic carbocycles. The van der Waals surface area contributed by atoms with Crippen molar-refractivity contribution in [2.75, 3.05) is 0 Å². The van der Waals surface area contributed by atoms with E-state index < -0.39 is 0 Å². The summed E-state index contributed by atoms with van der Waals surface area (Å²) in [7, 11) is 0. The van der Waals surface area contributed by atoms with E-state index in [0.29, 0.717) is 5.52 Å². The minimum atomic E-state index is 0.223. The SMILES string of the molecule is Cc1ccccc1-c1c(O)ccc2n[nH]nc12. The molecule has 4 heteroatoms. The Bertz CT molecular complexity index is 688. The molecular formula is C13H11N3O. The number of rotatable bonds is 1. The molecule has 0 bridgehead atoms. The molecule has 3 aromatic rings. The smallest absolute Gasteiger partial charge is 0.125 e. The monoisotopic (exact) mass is 225 g/mol. The van der Waals surface area contributed by atoms with Crippen LogP contribution >= 0.6 is 0 Å². The number of phenols is 1. The van der Waals surface area contributed by atoms with Gasteiger partial charge in [-0.25, -0.2) is 0 Å². The molecule has 17 heavy (non-hydrogen) atoms. The second-order valence-corrected chi connectivity index (χ2v) is 3.97. The van der Waals surface area contributed by atoms with Gasteiger partial charge >= 0.3 is 0 Å². The topological polar surface area (TPSA) is 61.8 Å². The first-order chi connectivity index (χ1) is 8.27. The summed E-state index contributed by atoms with van der Waals surface area (Å²) in [6.07, 6.45) is 0. The van der Waals surface area contributed by atoms with E-state index in [1.54, 1.807) is 12.1 Å². The average Bonchev–Trinajstić information content (AvgIpc) is 2.79. The summed E-state index contributed by atoms with van der Waals surface area (Å²) in [5.74, 6) is 0.223. The van der Waals surface area contributed by atoms with E-state index in [2.05, 4.69) is 15.4 Å². The first kappa shape index (κ1) is 9.84. The molecule has 0 fully saturated rings. The van der Waals surface area contributed by atoms with Gasteiger partial charge in [0.05, 0.1) is 5.56 Å². The zero-order valence-electron chi connectivity index (χ0n) is 9.31. The number of nitrogens with one attached hydrogen (secondary N) is 1. The third-order valence-corrected chi connectivity index (χ3v) is 2.88. The van der Waals surface area contributed by atoms with Crippen LogP contribution in [0.5, 0.6) is 5.75 Å². The molecule has 1 heterocycles. The van der Waals surface area contributed by atoms with Crippen LogP contribution in [0.3, 0.4) is 0 Å². The van der Waals surface area contributed by atoms with Crippen LogP contribution in [-0.4, -0.2) is 20.5 Å². The van der Waals surface area contributed by atoms with Crippen molar-refractivity contribution in [2.45, 2.75) is 6.92 Å². The van der Waals surface area contributed by atoms with Crippen molar-refractivity contribution in [3.8, 4) is 16.9 Å². The van der Waals surface area contributed by atoms with Gasteiger partial charge in [-0.15, -0.1) is 0 Å². The maximum atomic E-state index is 10.0. The Labute approximate surface area is 97.9 Å². The third-order valence-electron chi connectivity index (χ3n) is 2.88. The molecule has 0 amide bonds. The number of aromatic hydroxyl groups is 1. The van der Waals surface area contributed by atoms with Gasteiger partial charge in [0.2, 0.25) is 0 Å². The van der Waals surface area contributed by atoms with Crippen molar-refractivity contribution in [1.29, 1.82) is 0 Å². The van der Waals surface area contributed by atoms with Gasteiger partial charge in [-0.3, -0.25) is 0 Å². The summed E-state index contributed by atoms with van der Waals surface area (Å²) in [6.45, 7) is 2.01. The molecule has 0 atom stereocenters. The number of aryl methyl sites for hydroxylation is 1. The summed E-state index contributed by atoms with van der Waals surface area (Å²) < 4.78 is 0. The highest BCUT2D eigenvalue weighted by Crippen LogP contribution is 2.35. The minimum absolute atomic E-state index is 0.223. The minimum Gasteiger partial charge on any atom is -0.507 e. The second kappa shape index (κ2) is 3.59. The molecule has 0 aliphatic carbocycles. The quantitative estimate of drug-likeness (QED) is 0.669. The molecular weight excluding hydrogens is 214 g/mol. The van der Waals surface area contributed by atoms with Crippen LogP contribution in [0.2, 0.25) is 0 Å². The number of fused-ring (bicyclic) bond motifs is 1. The first-order valence-corrected chi connectivity index (χ1v) is 5.36. The molecule has 0 radical (unpaired) electrons. The predicted octanol–water partition coefficient (Wildman–Crippen LogP) is 2.64. The highest BCUT2D eigenvalue weighted by Gasteiger charge is 2.13. The average molecular weight is 225 g/mol. The molecule has 2 N–H and O–H groups in total. The Hall–Kier alpha value is -2.36. The van der Waals surface area contributed by atoms with Crippen molar-refractivity contribution < 1.29 is 5.11 Å². The van der Waals surface area contributed by atoms with Gasteiger partial charge in [-0.05, 0) is 30.2 Å². The highest BCUT2D eigenvalue weighted by atomic mass is 16.3. The van der Waals surface area contributed by atoms with Crippen molar-refractivity contribution in [2.24, 2.45) is 0 Å². The van der Waals surface area contributed by atoms with Crippen LogP contribution < -0.4 is 0 Å². The Morgan fingerprint density at radius 2 is 1.88 bits per heavy atom. The fourth-order valence-corrected chi connectivity index (χ4v) is 2.02. The van der Waals surface area contributed by atoms with Crippen molar-refractivity contribution in [3.63, 3.8) is 0 Å². The zero-order valence-corrected chi connectivity index (χ0v) is 9.31. The Morgan fingerprint density at radius 3 is 2.71 bits per heavy atom. The van der Waals surface area contributed by atoms with E-state index in [1.165, 1.54) is 0 Å². The van der Waals surface area contributed by atoms with E-state index in [0.717, 1.165) is 22.2 Å². The summed E-state index contributed by atoms with van der Waals surface area (Å²) in [5, 5.41) is 20.7. The predicted molar refractivity (Wildman–Crippen MR) is 65.7 cm³/mol. The lowest BCUT2D eigenvalue weighted by Crippen LogP contribution is -1.86. The standard InChI is InChI=1S/C13H11N3O/c1-8-4-2-3-5-9(8)12-11(17)7-6-10-13(12)15-16-14-10/h2-7,17H,1H3,(H,14,15,16). The van der Waals surface area contributed by atoms with Gasteiger partial charge in [-0.2, -0.15) is 15.4 Å². The molecule has 0 aliphatic rings. The normalized spacial score (nSPS) is 10.9. The largest absolute Gasteiger partial charge is 0.507 e. The van der Waals surface area contributed by atoms with Crippen LogP contribution in [0.15, 0.2) is 36.4 Å². The lowest BCUT2D eigenvalue weighted by molar-refractivity contribution is 0.478. The lowest BCUT2D eigenvalue weighted by atomic mass is 9.98. The molecule has 0 aliphatic heterocycles. The van der Waals surface area contributed by atoms with Gasteiger partial charge in [0.1, 0.15) is 16.8 Å². The van der Waals surface area contributed by atoms with Crippen LogP contribution in [0, 0.1) is 6.92 Å². The molecule has 0 saturated carbocycles. The van der Waals surface area contributed by atoms with Gasteiger partial charge in [0.25, 0.3) is 0 Å². The molecule has 0 saturated heterocycles. The number of hydrogen-bond donors (Lipinski definition) is 2. The zero-order chi connectivity index (χ0) is 11.8. The van der Waals surface area contributed by atoms with Gasteiger partial charge in [0.15, 0.2) is 0 Å². The van der Waals surface area contributed by atoms with E-state index in [9.17, 15) is 5.11 Å². The van der Waals surface area contributed by atoms with Crippen molar-refractivity contribution in [1.82, 2.24) is 15.4 Å². The van der Waals surface area contributed by atoms with Gasteiger partial charge < -0.3 is 5.11 Å². The van der Waals surface area contributed by atoms with Crippen LogP contribution in [0.1, 0.15) is 5.56 Å². The highest BCUT2D eigenvalue weighted by molar-refractivity contribution is 5.95. The Morgan fingerprint density at radius 1 is 1.06 bits per heavy atom. The Balaban J connectivity index is 2.40. The Kier molecular flexibility index (Phi) is 2.08. The number of nitrogens with zero attached hydrogens (tertiary/aromatic N) is 2. The molecule has 1 aromatic heterocycles. The number of benzene rings is 2. The molecule has 0 spiro atoms. The van der Waals surface area contributed by atoms with Crippen LogP contribution in [-0.2, 0) is 0 Å². The van der Waals surface area contributed by atoms with Crippen LogP contribution in [0.4, 0.5) is 0 Å². The fraction of sp³-hybridized carbons (Fsp3) is 0.0769. The van der Waals surface area contributed by atoms with Crippen molar-refractivity contribution >= 4 is 11.0 Å². The van der Waals surface area contributed by atoms with Gasteiger partial charge in [0, 0.05) is 0 Å².